The van der Waals surface area contributed by atoms with Crippen LogP contribution in [0.3, 0.4) is 0 Å². The van der Waals surface area contributed by atoms with Crippen LogP contribution in [0.25, 0.3) is 26.9 Å². The molecule has 4 rings (SSSR count). The van der Waals surface area contributed by atoms with Crippen LogP contribution in [0.15, 0.2) is 48.8 Å². The number of hydrogen-bond acceptors (Lipinski definition) is 5. The van der Waals surface area contributed by atoms with Crippen LogP contribution in [0, 0.1) is 6.92 Å². The van der Waals surface area contributed by atoms with Gasteiger partial charge in [0.05, 0.1) is 0 Å². The van der Waals surface area contributed by atoms with E-state index in [1.807, 2.05) is 24.3 Å². The molecule has 0 saturated carbocycles. The fraction of sp³-hybridized carbons (Fsp3) is 0.0667. The summed E-state index contributed by atoms with van der Waals surface area (Å²) in [7, 11) is 0. The molecule has 3 aromatic heterocycles. The van der Waals surface area contributed by atoms with Gasteiger partial charge in [0.15, 0.2) is 5.82 Å². The molecule has 0 aliphatic rings. The van der Waals surface area contributed by atoms with Crippen molar-refractivity contribution in [2.75, 3.05) is 0 Å². The molecule has 0 aliphatic heterocycles. The number of aromatic nitrogens is 5. The minimum atomic E-state index is 0.739. The fourth-order valence-electron chi connectivity index (χ4n) is 2.22. The number of rotatable bonds is 2. The third-order valence-electron chi connectivity index (χ3n) is 3.30. The van der Waals surface area contributed by atoms with Crippen molar-refractivity contribution in [2.24, 2.45) is 0 Å². The summed E-state index contributed by atoms with van der Waals surface area (Å²) in [5.41, 5.74) is 3.29. The van der Waals surface area contributed by atoms with Gasteiger partial charge >= 0.3 is 0 Å². The maximum atomic E-state index is 4.67. The second-order valence-electron chi connectivity index (χ2n) is 4.68. The van der Waals surface area contributed by atoms with Gasteiger partial charge < -0.3 is 0 Å². The molecule has 5 nitrogen and oxygen atoms in total. The van der Waals surface area contributed by atoms with Crippen molar-refractivity contribution < 1.29 is 0 Å². The van der Waals surface area contributed by atoms with Gasteiger partial charge in [0, 0.05) is 23.5 Å². The van der Waals surface area contributed by atoms with Crippen molar-refractivity contribution >= 4 is 16.3 Å². The Kier molecular flexibility index (Phi) is 2.75. The largest absolute Gasteiger partial charge is 0.265 e. The minimum absolute atomic E-state index is 0.739. The van der Waals surface area contributed by atoms with Gasteiger partial charge in [0.2, 0.25) is 4.96 Å². The van der Waals surface area contributed by atoms with Crippen LogP contribution < -0.4 is 0 Å². The number of benzene rings is 1. The van der Waals surface area contributed by atoms with Gasteiger partial charge in [-0.3, -0.25) is 4.98 Å². The topological polar surface area (TPSA) is 56.0 Å². The summed E-state index contributed by atoms with van der Waals surface area (Å²) in [4.78, 5) is 4.82. The fourth-order valence-corrected chi connectivity index (χ4v) is 3.15. The predicted octanol–water partition coefficient (Wildman–Crippen LogP) is 3.22. The van der Waals surface area contributed by atoms with E-state index in [-0.39, 0.29) is 0 Å². The molecule has 0 radical (unpaired) electrons. The zero-order valence-corrected chi connectivity index (χ0v) is 12.1. The van der Waals surface area contributed by atoms with Crippen molar-refractivity contribution in [3.05, 3.63) is 54.4 Å². The molecule has 3 heterocycles. The van der Waals surface area contributed by atoms with E-state index >= 15 is 0 Å². The maximum Gasteiger partial charge on any atom is 0.235 e. The summed E-state index contributed by atoms with van der Waals surface area (Å²) in [6.45, 7) is 2.08. The van der Waals surface area contributed by atoms with E-state index in [0.29, 0.717) is 0 Å². The highest BCUT2D eigenvalue weighted by Crippen LogP contribution is 2.29. The Bertz CT molecular complexity index is 910. The minimum Gasteiger partial charge on any atom is -0.265 e. The molecule has 6 heteroatoms. The normalized spacial score (nSPS) is 11.1. The van der Waals surface area contributed by atoms with E-state index < -0.39 is 0 Å². The first kappa shape index (κ1) is 12.2. The summed E-state index contributed by atoms with van der Waals surface area (Å²) in [6.07, 6.45) is 3.48. The van der Waals surface area contributed by atoms with Crippen molar-refractivity contribution in [1.82, 2.24) is 24.8 Å². The Morgan fingerprint density at radius 3 is 2.62 bits per heavy atom. The first-order chi connectivity index (χ1) is 10.3. The van der Waals surface area contributed by atoms with Gasteiger partial charge in [-0.2, -0.15) is 9.61 Å². The molecule has 0 bridgehead atoms. The van der Waals surface area contributed by atoms with Gasteiger partial charge in [-0.25, -0.2) is 0 Å². The van der Waals surface area contributed by atoms with Crippen LogP contribution in [0.2, 0.25) is 0 Å². The number of aryl methyl sites for hydroxylation is 1. The van der Waals surface area contributed by atoms with Crippen LogP contribution in [0.1, 0.15) is 5.56 Å². The first-order valence-corrected chi connectivity index (χ1v) is 7.33. The monoisotopic (exact) mass is 293 g/mol. The summed E-state index contributed by atoms with van der Waals surface area (Å²) < 4.78 is 1.79. The van der Waals surface area contributed by atoms with Gasteiger partial charge in [0.25, 0.3) is 0 Å². The van der Waals surface area contributed by atoms with Crippen LogP contribution in [0.4, 0.5) is 0 Å². The Labute approximate surface area is 124 Å². The van der Waals surface area contributed by atoms with Gasteiger partial charge in [-0.1, -0.05) is 35.6 Å². The van der Waals surface area contributed by atoms with E-state index in [1.165, 1.54) is 5.56 Å². The van der Waals surface area contributed by atoms with E-state index in [4.69, 9.17) is 0 Å². The predicted molar refractivity (Wildman–Crippen MR) is 82.1 cm³/mol. The summed E-state index contributed by atoms with van der Waals surface area (Å²) >= 11 is 1.54. The lowest BCUT2D eigenvalue weighted by atomic mass is 10.1. The molecule has 0 spiro atoms. The summed E-state index contributed by atoms with van der Waals surface area (Å²) in [5.74, 6) is 0.739. The molecular formula is C15H11N5S. The van der Waals surface area contributed by atoms with E-state index in [0.717, 1.165) is 26.9 Å². The van der Waals surface area contributed by atoms with Crippen molar-refractivity contribution in [1.29, 1.82) is 0 Å². The molecule has 4 aromatic rings. The third kappa shape index (κ3) is 2.00. The van der Waals surface area contributed by atoms with E-state index in [1.54, 1.807) is 28.2 Å². The SMILES string of the molecule is Cc1ccccc1-c1nn2c(-c3ccncc3)nnc2s1. The Balaban J connectivity index is 1.89. The average Bonchev–Trinajstić information content (AvgIpc) is 3.08. The molecule has 0 N–H and O–H groups in total. The average molecular weight is 293 g/mol. The molecule has 0 saturated heterocycles. The second kappa shape index (κ2) is 4.75. The van der Waals surface area contributed by atoms with Crippen molar-refractivity contribution in [3.8, 4) is 22.0 Å². The van der Waals surface area contributed by atoms with Gasteiger partial charge in [-0.05, 0) is 24.6 Å². The van der Waals surface area contributed by atoms with Crippen LogP contribution >= 0.6 is 11.3 Å². The van der Waals surface area contributed by atoms with Crippen molar-refractivity contribution in [3.63, 3.8) is 0 Å². The smallest absolute Gasteiger partial charge is 0.235 e. The van der Waals surface area contributed by atoms with Crippen LogP contribution in [-0.2, 0) is 0 Å². The zero-order valence-electron chi connectivity index (χ0n) is 11.3. The molecule has 21 heavy (non-hydrogen) atoms. The number of hydrogen-bond donors (Lipinski definition) is 0. The second-order valence-corrected chi connectivity index (χ2v) is 5.63. The standard InChI is InChI=1S/C15H11N5S/c1-10-4-2-3-5-12(10)14-19-20-13(17-18-15(20)21-14)11-6-8-16-9-7-11/h2-9H,1H3. The van der Waals surface area contributed by atoms with Crippen molar-refractivity contribution in [2.45, 2.75) is 6.92 Å². The maximum absolute atomic E-state index is 4.67. The lowest BCUT2D eigenvalue weighted by molar-refractivity contribution is 0.969. The highest BCUT2D eigenvalue weighted by atomic mass is 32.1. The van der Waals surface area contributed by atoms with E-state index in [9.17, 15) is 0 Å². The molecule has 0 aliphatic carbocycles. The highest BCUT2D eigenvalue weighted by Gasteiger charge is 2.14. The lowest BCUT2D eigenvalue weighted by Gasteiger charge is -1.99. The van der Waals surface area contributed by atoms with Crippen LogP contribution in [-0.4, -0.2) is 24.8 Å². The molecule has 102 valence electrons. The molecule has 0 atom stereocenters. The quantitative estimate of drug-likeness (QED) is 0.569. The molecule has 1 aromatic carbocycles. The molecular weight excluding hydrogens is 282 g/mol. The molecule has 0 amide bonds. The molecule has 0 unspecified atom stereocenters. The van der Waals surface area contributed by atoms with Crippen LogP contribution in [0.5, 0.6) is 0 Å². The Morgan fingerprint density at radius 2 is 1.81 bits per heavy atom. The molecule has 0 fully saturated rings. The first-order valence-electron chi connectivity index (χ1n) is 6.51. The number of pyridine rings is 1. The lowest BCUT2D eigenvalue weighted by Crippen LogP contribution is -1.91. The summed E-state index contributed by atoms with van der Waals surface area (Å²) in [5, 5.41) is 14.1. The zero-order chi connectivity index (χ0) is 14.2. The Hall–Kier alpha value is -2.60. The van der Waals surface area contributed by atoms with Gasteiger partial charge in [-0.15, -0.1) is 10.2 Å². The number of fused-ring (bicyclic) bond motifs is 1. The third-order valence-corrected chi connectivity index (χ3v) is 4.24. The Morgan fingerprint density at radius 1 is 1.00 bits per heavy atom. The van der Waals surface area contributed by atoms with E-state index in [2.05, 4.69) is 39.3 Å². The number of nitrogens with zero attached hydrogens (tertiary/aromatic N) is 5. The van der Waals surface area contributed by atoms with Gasteiger partial charge in [0.1, 0.15) is 5.01 Å². The highest BCUT2D eigenvalue weighted by molar-refractivity contribution is 7.19. The summed E-state index contributed by atoms with van der Waals surface area (Å²) in [6, 6.07) is 12.0.